The Morgan fingerprint density at radius 2 is 2.25 bits per heavy atom. The standard InChI is InChI=1S/C14H18ClN3O2/c1-3-16-8(2)4-13(19)18-12-5-9-6-14(20)17-11(9)7-10(12)15/h5,7-8,16H,3-4,6H2,1-2H3,(H,17,20)(H,18,19). The van der Waals surface area contributed by atoms with Gasteiger partial charge in [-0.25, -0.2) is 0 Å². The molecular weight excluding hydrogens is 278 g/mol. The molecule has 0 fully saturated rings. The Hall–Kier alpha value is -1.59. The lowest BCUT2D eigenvalue weighted by molar-refractivity contribution is -0.116. The maximum Gasteiger partial charge on any atom is 0.228 e. The molecule has 0 spiro atoms. The molecule has 2 rings (SSSR count). The first kappa shape index (κ1) is 14.8. The molecule has 5 nitrogen and oxygen atoms in total. The summed E-state index contributed by atoms with van der Waals surface area (Å²) in [5.41, 5.74) is 2.13. The van der Waals surface area contributed by atoms with Crippen molar-refractivity contribution < 1.29 is 9.59 Å². The molecule has 1 aliphatic heterocycles. The minimum Gasteiger partial charge on any atom is -0.325 e. The van der Waals surface area contributed by atoms with Gasteiger partial charge in [-0.2, -0.15) is 0 Å². The van der Waals surface area contributed by atoms with E-state index < -0.39 is 0 Å². The number of hydrogen-bond donors (Lipinski definition) is 3. The van der Waals surface area contributed by atoms with E-state index in [4.69, 9.17) is 11.6 Å². The second-order valence-electron chi connectivity index (χ2n) is 4.93. The number of nitrogens with one attached hydrogen (secondary N) is 3. The van der Waals surface area contributed by atoms with E-state index in [-0.39, 0.29) is 17.9 Å². The van der Waals surface area contributed by atoms with Crippen LogP contribution in [0.1, 0.15) is 25.8 Å². The minimum atomic E-state index is -0.0995. The van der Waals surface area contributed by atoms with Crippen molar-refractivity contribution in [2.45, 2.75) is 32.7 Å². The molecule has 2 amide bonds. The summed E-state index contributed by atoms with van der Waals surface area (Å²) in [5.74, 6) is -0.155. The van der Waals surface area contributed by atoms with Crippen LogP contribution in [0.3, 0.4) is 0 Å². The Morgan fingerprint density at radius 3 is 2.95 bits per heavy atom. The number of fused-ring (bicyclic) bond motifs is 1. The molecule has 0 aliphatic carbocycles. The van der Waals surface area contributed by atoms with Crippen LogP contribution in [-0.2, 0) is 16.0 Å². The van der Waals surface area contributed by atoms with Crippen molar-refractivity contribution in [2.24, 2.45) is 0 Å². The third-order valence-corrected chi connectivity index (χ3v) is 3.45. The summed E-state index contributed by atoms with van der Waals surface area (Å²) in [4.78, 5) is 23.2. The van der Waals surface area contributed by atoms with Gasteiger partial charge in [0.1, 0.15) is 0 Å². The first-order chi connectivity index (χ1) is 9.49. The summed E-state index contributed by atoms with van der Waals surface area (Å²) in [6.07, 6.45) is 0.696. The Morgan fingerprint density at radius 1 is 1.50 bits per heavy atom. The van der Waals surface area contributed by atoms with Gasteiger partial charge < -0.3 is 16.0 Å². The van der Waals surface area contributed by atoms with Crippen LogP contribution < -0.4 is 16.0 Å². The van der Waals surface area contributed by atoms with Gasteiger partial charge >= 0.3 is 0 Å². The number of halogens is 1. The maximum atomic E-state index is 11.9. The van der Waals surface area contributed by atoms with Crippen LogP contribution >= 0.6 is 11.6 Å². The normalized spacial score (nSPS) is 14.7. The van der Waals surface area contributed by atoms with Crippen molar-refractivity contribution in [3.63, 3.8) is 0 Å². The molecule has 108 valence electrons. The van der Waals surface area contributed by atoms with E-state index >= 15 is 0 Å². The molecule has 1 unspecified atom stereocenters. The Labute approximate surface area is 123 Å². The lowest BCUT2D eigenvalue weighted by Gasteiger charge is -2.13. The van der Waals surface area contributed by atoms with E-state index in [1.54, 1.807) is 12.1 Å². The molecule has 0 aromatic heterocycles. The Kier molecular flexibility index (Phi) is 4.62. The molecule has 1 heterocycles. The molecule has 1 atom stereocenters. The summed E-state index contributed by atoms with van der Waals surface area (Å²) < 4.78 is 0. The number of benzene rings is 1. The molecule has 3 N–H and O–H groups in total. The average Bonchev–Trinajstić information content (AvgIpc) is 2.68. The molecule has 1 aromatic rings. The number of rotatable bonds is 5. The average molecular weight is 296 g/mol. The highest BCUT2D eigenvalue weighted by atomic mass is 35.5. The molecule has 1 aliphatic rings. The summed E-state index contributed by atoms with van der Waals surface area (Å²) >= 11 is 6.12. The van der Waals surface area contributed by atoms with Crippen molar-refractivity contribution in [3.05, 3.63) is 22.7 Å². The number of carbonyl (C=O) groups is 2. The molecule has 0 saturated heterocycles. The monoisotopic (exact) mass is 295 g/mol. The van der Waals surface area contributed by atoms with Crippen molar-refractivity contribution in [1.29, 1.82) is 0 Å². The zero-order chi connectivity index (χ0) is 14.7. The number of anilines is 2. The fourth-order valence-corrected chi connectivity index (χ4v) is 2.45. The van der Waals surface area contributed by atoms with Gasteiger partial charge in [0.2, 0.25) is 11.8 Å². The quantitative estimate of drug-likeness (QED) is 0.779. The number of amides is 2. The van der Waals surface area contributed by atoms with E-state index in [0.717, 1.165) is 17.8 Å². The van der Waals surface area contributed by atoms with E-state index in [9.17, 15) is 9.59 Å². The lowest BCUT2D eigenvalue weighted by Crippen LogP contribution is -2.30. The van der Waals surface area contributed by atoms with Gasteiger partial charge in [-0.3, -0.25) is 9.59 Å². The van der Waals surface area contributed by atoms with Crippen LogP contribution in [0, 0.1) is 0 Å². The van der Waals surface area contributed by atoms with Crippen LogP contribution in [-0.4, -0.2) is 24.4 Å². The van der Waals surface area contributed by atoms with E-state index in [0.29, 0.717) is 23.6 Å². The zero-order valence-corrected chi connectivity index (χ0v) is 12.3. The Balaban J connectivity index is 2.05. The van der Waals surface area contributed by atoms with Gasteiger partial charge in [0.25, 0.3) is 0 Å². The second kappa shape index (κ2) is 6.24. The van der Waals surface area contributed by atoms with Gasteiger partial charge in [0.05, 0.1) is 17.1 Å². The fourth-order valence-electron chi connectivity index (χ4n) is 2.24. The van der Waals surface area contributed by atoms with Crippen molar-refractivity contribution in [1.82, 2.24) is 5.32 Å². The third-order valence-electron chi connectivity index (χ3n) is 3.14. The van der Waals surface area contributed by atoms with E-state index in [1.807, 2.05) is 13.8 Å². The predicted molar refractivity (Wildman–Crippen MR) is 80.2 cm³/mol. The molecule has 1 aromatic carbocycles. The maximum absolute atomic E-state index is 11.9. The van der Waals surface area contributed by atoms with Gasteiger partial charge in [-0.15, -0.1) is 0 Å². The predicted octanol–water partition coefficient (Wildman–Crippen LogP) is 2.16. The zero-order valence-electron chi connectivity index (χ0n) is 11.5. The van der Waals surface area contributed by atoms with Crippen molar-refractivity contribution in [3.8, 4) is 0 Å². The summed E-state index contributed by atoms with van der Waals surface area (Å²) in [7, 11) is 0. The number of carbonyl (C=O) groups excluding carboxylic acids is 2. The van der Waals surface area contributed by atoms with Gasteiger partial charge in [0, 0.05) is 18.2 Å². The van der Waals surface area contributed by atoms with Crippen molar-refractivity contribution >= 4 is 34.8 Å². The molecule has 20 heavy (non-hydrogen) atoms. The number of hydrogen-bond acceptors (Lipinski definition) is 3. The highest BCUT2D eigenvalue weighted by molar-refractivity contribution is 6.34. The van der Waals surface area contributed by atoms with Crippen molar-refractivity contribution in [2.75, 3.05) is 17.2 Å². The van der Waals surface area contributed by atoms with Crippen LogP contribution in [0.15, 0.2) is 12.1 Å². The van der Waals surface area contributed by atoms with Gasteiger partial charge in [-0.05, 0) is 31.2 Å². The van der Waals surface area contributed by atoms with Gasteiger partial charge in [0.15, 0.2) is 0 Å². The summed E-state index contributed by atoms with van der Waals surface area (Å²) in [6.45, 7) is 4.77. The van der Waals surface area contributed by atoms with E-state index in [1.165, 1.54) is 0 Å². The first-order valence-corrected chi connectivity index (χ1v) is 7.03. The Bertz CT molecular complexity index is 545. The SMILES string of the molecule is CCNC(C)CC(=O)Nc1cc2c(cc1Cl)NC(=O)C2. The second-order valence-corrected chi connectivity index (χ2v) is 5.33. The van der Waals surface area contributed by atoms with Crippen LogP contribution in [0.2, 0.25) is 5.02 Å². The smallest absolute Gasteiger partial charge is 0.228 e. The first-order valence-electron chi connectivity index (χ1n) is 6.65. The molecular formula is C14H18ClN3O2. The molecule has 0 saturated carbocycles. The van der Waals surface area contributed by atoms with Crippen LogP contribution in [0.25, 0.3) is 0 Å². The molecule has 0 bridgehead atoms. The fraction of sp³-hybridized carbons (Fsp3) is 0.429. The van der Waals surface area contributed by atoms with Crippen LogP contribution in [0.4, 0.5) is 11.4 Å². The molecule has 0 radical (unpaired) electrons. The summed E-state index contributed by atoms with van der Waals surface area (Å²) in [6, 6.07) is 3.53. The highest BCUT2D eigenvalue weighted by Gasteiger charge is 2.20. The van der Waals surface area contributed by atoms with E-state index in [2.05, 4.69) is 16.0 Å². The summed E-state index contributed by atoms with van der Waals surface area (Å²) in [5, 5.41) is 9.12. The van der Waals surface area contributed by atoms with Crippen LogP contribution in [0.5, 0.6) is 0 Å². The lowest BCUT2D eigenvalue weighted by atomic mass is 10.1. The topological polar surface area (TPSA) is 70.2 Å². The molecule has 6 heteroatoms. The minimum absolute atomic E-state index is 0.0553. The third kappa shape index (κ3) is 3.49. The largest absolute Gasteiger partial charge is 0.325 e. The van der Waals surface area contributed by atoms with Gasteiger partial charge in [-0.1, -0.05) is 18.5 Å². The highest BCUT2D eigenvalue weighted by Crippen LogP contribution is 2.32.